The van der Waals surface area contributed by atoms with Gasteiger partial charge in [-0.15, -0.1) is 5.10 Å². The minimum absolute atomic E-state index is 0.119. The highest BCUT2D eigenvalue weighted by Crippen LogP contribution is 2.25. The number of aromatic nitrogens is 3. The zero-order valence-corrected chi connectivity index (χ0v) is 15.1. The SMILES string of the molecule is CCn1nnc2cc(C(=O)N3CCC[C@H]3CCc3ccccc3)ccc21. The summed E-state index contributed by atoms with van der Waals surface area (Å²) in [6, 6.07) is 16.6. The first kappa shape index (κ1) is 16.8. The molecule has 5 nitrogen and oxygen atoms in total. The maximum atomic E-state index is 13.1. The number of amides is 1. The third-order valence-corrected chi connectivity index (χ3v) is 5.31. The number of hydrogen-bond donors (Lipinski definition) is 0. The highest BCUT2D eigenvalue weighted by Gasteiger charge is 2.29. The van der Waals surface area contributed by atoms with E-state index in [0.29, 0.717) is 11.6 Å². The number of nitrogens with zero attached hydrogens (tertiary/aromatic N) is 4. The zero-order chi connectivity index (χ0) is 17.9. The quantitative estimate of drug-likeness (QED) is 0.706. The lowest BCUT2D eigenvalue weighted by molar-refractivity contribution is 0.0731. The highest BCUT2D eigenvalue weighted by atomic mass is 16.2. The fourth-order valence-electron chi connectivity index (χ4n) is 3.89. The van der Waals surface area contributed by atoms with E-state index in [2.05, 4.69) is 34.6 Å². The molecule has 3 aromatic rings. The fourth-order valence-corrected chi connectivity index (χ4v) is 3.89. The molecule has 0 unspecified atom stereocenters. The molecule has 1 amide bonds. The zero-order valence-electron chi connectivity index (χ0n) is 15.1. The number of benzene rings is 2. The second-order valence-electron chi connectivity index (χ2n) is 6.93. The maximum Gasteiger partial charge on any atom is 0.254 e. The smallest absolute Gasteiger partial charge is 0.254 e. The molecule has 0 saturated carbocycles. The van der Waals surface area contributed by atoms with Gasteiger partial charge < -0.3 is 4.90 Å². The van der Waals surface area contributed by atoms with Crippen molar-refractivity contribution in [3.8, 4) is 0 Å². The van der Waals surface area contributed by atoms with Crippen molar-refractivity contribution in [2.24, 2.45) is 0 Å². The predicted octanol–water partition coefficient (Wildman–Crippen LogP) is 3.69. The van der Waals surface area contributed by atoms with E-state index in [1.807, 2.05) is 40.8 Å². The Labute approximate surface area is 153 Å². The molecule has 1 aliphatic rings. The Kier molecular flexibility index (Phi) is 4.69. The van der Waals surface area contributed by atoms with Crippen molar-refractivity contribution in [1.82, 2.24) is 19.9 Å². The first-order valence-electron chi connectivity index (χ1n) is 9.44. The molecule has 1 aliphatic heterocycles. The molecule has 1 aromatic heterocycles. The number of fused-ring (bicyclic) bond motifs is 1. The average molecular weight is 348 g/mol. The Balaban J connectivity index is 1.49. The van der Waals surface area contributed by atoms with Crippen molar-refractivity contribution in [3.05, 3.63) is 59.7 Å². The first-order valence-corrected chi connectivity index (χ1v) is 9.44. The van der Waals surface area contributed by atoms with Gasteiger partial charge in [0.25, 0.3) is 5.91 Å². The van der Waals surface area contributed by atoms with Gasteiger partial charge in [-0.05, 0) is 56.4 Å². The van der Waals surface area contributed by atoms with Crippen LogP contribution in [0.4, 0.5) is 0 Å². The molecule has 1 fully saturated rings. The summed E-state index contributed by atoms with van der Waals surface area (Å²) < 4.78 is 1.85. The Morgan fingerprint density at radius 3 is 2.85 bits per heavy atom. The van der Waals surface area contributed by atoms with Gasteiger partial charge in [-0.3, -0.25) is 4.79 Å². The number of rotatable bonds is 5. The largest absolute Gasteiger partial charge is 0.336 e. The maximum absolute atomic E-state index is 13.1. The molecule has 0 bridgehead atoms. The van der Waals surface area contributed by atoms with E-state index in [9.17, 15) is 4.79 Å². The van der Waals surface area contributed by atoms with Gasteiger partial charge in [0.1, 0.15) is 5.52 Å². The molecule has 134 valence electrons. The summed E-state index contributed by atoms with van der Waals surface area (Å²) in [5.74, 6) is 0.119. The molecule has 1 saturated heterocycles. The molecule has 2 aromatic carbocycles. The lowest BCUT2D eigenvalue weighted by atomic mass is 10.0. The van der Waals surface area contributed by atoms with Crippen LogP contribution in [0.2, 0.25) is 0 Å². The lowest BCUT2D eigenvalue weighted by Crippen LogP contribution is -2.35. The van der Waals surface area contributed by atoms with Crippen LogP contribution in [-0.2, 0) is 13.0 Å². The van der Waals surface area contributed by atoms with Crippen molar-refractivity contribution in [2.75, 3.05) is 6.54 Å². The molecule has 0 radical (unpaired) electrons. The minimum atomic E-state index is 0.119. The summed E-state index contributed by atoms with van der Waals surface area (Å²) in [4.78, 5) is 15.1. The number of carbonyl (C=O) groups is 1. The van der Waals surface area contributed by atoms with Gasteiger partial charge in [-0.25, -0.2) is 4.68 Å². The van der Waals surface area contributed by atoms with Crippen molar-refractivity contribution in [3.63, 3.8) is 0 Å². The van der Waals surface area contributed by atoms with E-state index >= 15 is 0 Å². The summed E-state index contributed by atoms with van der Waals surface area (Å²) in [5, 5.41) is 8.33. The van der Waals surface area contributed by atoms with E-state index < -0.39 is 0 Å². The Hall–Kier alpha value is -2.69. The van der Waals surface area contributed by atoms with Gasteiger partial charge in [-0.1, -0.05) is 35.5 Å². The van der Waals surface area contributed by atoms with Crippen molar-refractivity contribution in [1.29, 1.82) is 0 Å². The summed E-state index contributed by atoms with van der Waals surface area (Å²) >= 11 is 0. The molecular weight excluding hydrogens is 324 g/mol. The first-order chi connectivity index (χ1) is 12.8. The topological polar surface area (TPSA) is 51.0 Å². The van der Waals surface area contributed by atoms with Crippen LogP contribution in [0.5, 0.6) is 0 Å². The van der Waals surface area contributed by atoms with Crippen LogP contribution < -0.4 is 0 Å². The molecule has 4 rings (SSSR count). The molecule has 0 N–H and O–H groups in total. The van der Waals surface area contributed by atoms with Crippen LogP contribution in [0, 0.1) is 0 Å². The van der Waals surface area contributed by atoms with E-state index in [4.69, 9.17) is 0 Å². The number of carbonyl (C=O) groups excluding carboxylic acids is 1. The van der Waals surface area contributed by atoms with Crippen LogP contribution in [0.25, 0.3) is 11.0 Å². The number of hydrogen-bond acceptors (Lipinski definition) is 3. The Morgan fingerprint density at radius 1 is 1.19 bits per heavy atom. The second kappa shape index (κ2) is 7.28. The van der Waals surface area contributed by atoms with Gasteiger partial charge in [0, 0.05) is 24.7 Å². The average Bonchev–Trinajstić information content (AvgIpc) is 3.32. The van der Waals surface area contributed by atoms with Gasteiger partial charge in [0.2, 0.25) is 0 Å². The van der Waals surface area contributed by atoms with E-state index in [1.54, 1.807) is 0 Å². The van der Waals surface area contributed by atoms with Crippen molar-refractivity contribution < 1.29 is 4.79 Å². The number of likely N-dealkylation sites (tertiary alicyclic amines) is 1. The lowest BCUT2D eigenvalue weighted by Gasteiger charge is -2.25. The monoisotopic (exact) mass is 348 g/mol. The summed E-state index contributed by atoms with van der Waals surface area (Å²) in [6.07, 6.45) is 4.20. The third-order valence-electron chi connectivity index (χ3n) is 5.31. The van der Waals surface area contributed by atoms with Gasteiger partial charge >= 0.3 is 0 Å². The van der Waals surface area contributed by atoms with Crippen LogP contribution in [0.3, 0.4) is 0 Å². The second-order valence-corrected chi connectivity index (χ2v) is 6.93. The molecule has 0 aliphatic carbocycles. The normalized spacial score (nSPS) is 17.1. The highest BCUT2D eigenvalue weighted by molar-refractivity contribution is 5.97. The molecule has 1 atom stereocenters. The fraction of sp³-hybridized carbons (Fsp3) is 0.381. The predicted molar refractivity (Wildman–Crippen MR) is 102 cm³/mol. The number of aryl methyl sites for hydroxylation is 2. The van der Waals surface area contributed by atoms with Gasteiger partial charge in [0.05, 0.1) is 5.52 Å². The minimum Gasteiger partial charge on any atom is -0.336 e. The Morgan fingerprint density at radius 2 is 2.04 bits per heavy atom. The van der Waals surface area contributed by atoms with E-state index in [1.165, 1.54) is 5.56 Å². The van der Waals surface area contributed by atoms with Crippen molar-refractivity contribution in [2.45, 2.75) is 45.2 Å². The van der Waals surface area contributed by atoms with Gasteiger partial charge in [-0.2, -0.15) is 0 Å². The molecule has 0 spiro atoms. The van der Waals surface area contributed by atoms with E-state index in [0.717, 1.165) is 49.8 Å². The van der Waals surface area contributed by atoms with Crippen molar-refractivity contribution >= 4 is 16.9 Å². The molecular formula is C21H24N4O. The summed E-state index contributed by atoms with van der Waals surface area (Å²) in [5.41, 5.74) is 3.82. The standard InChI is InChI=1S/C21H24N4O/c1-2-25-20-13-11-17(15-19(20)22-23-25)21(26)24-14-6-9-18(24)12-10-16-7-4-3-5-8-16/h3-5,7-8,11,13,15,18H,2,6,9-10,12,14H2,1H3/t18-/m0/s1. The van der Waals surface area contributed by atoms with E-state index in [-0.39, 0.29) is 5.91 Å². The van der Waals surface area contributed by atoms with Crippen LogP contribution in [-0.4, -0.2) is 38.4 Å². The van der Waals surface area contributed by atoms with Crippen LogP contribution >= 0.6 is 0 Å². The Bertz CT molecular complexity index is 903. The molecule has 2 heterocycles. The summed E-state index contributed by atoms with van der Waals surface area (Å²) in [7, 11) is 0. The summed E-state index contributed by atoms with van der Waals surface area (Å²) in [6.45, 7) is 3.66. The molecule has 26 heavy (non-hydrogen) atoms. The van der Waals surface area contributed by atoms with Crippen LogP contribution in [0.15, 0.2) is 48.5 Å². The van der Waals surface area contributed by atoms with Crippen LogP contribution in [0.1, 0.15) is 42.1 Å². The molecule has 5 heteroatoms. The third kappa shape index (κ3) is 3.21. The van der Waals surface area contributed by atoms with Gasteiger partial charge in [0.15, 0.2) is 0 Å².